The van der Waals surface area contributed by atoms with E-state index in [-0.39, 0.29) is 17.3 Å². The van der Waals surface area contributed by atoms with Gasteiger partial charge in [0.15, 0.2) is 0 Å². The lowest BCUT2D eigenvalue weighted by molar-refractivity contribution is -0.121. The smallest absolute Gasteiger partial charge is 0.220 e. The molecule has 0 aromatic carbocycles. The highest BCUT2D eigenvalue weighted by molar-refractivity contribution is 6.20. The van der Waals surface area contributed by atoms with E-state index >= 15 is 0 Å². The number of hydrogen-bond donors (Lipinski definition) is 1. The summed E-state index contributed by atoms with van der Waals surface area (Å²) in [6.07, 6.45) is 2.34. The molecule has 0 spiro atoms. The quantitative estimate of drug-likeness (QED) is 0.664. The van der Waals surface area contributed by atoms with Gasteiger partial charge in [0.25, 0.3) is 0 Å². The molecule has 0 bridgehead atoms. The van der Waals surface area contributed by atoms with E-state index in [1.165, 1.54) is 0 Å². The minimum atomic E-state index is 0.127. The monoisotopic (exact) mass is 191 g/mol. The van der Waals surface area contributed by atoms with Crippen LogP contribution in [0.15, 0.2) is 0 Å². The average molecular weight is 192 g/mol. The van der Waals surface area contributed by atoms with E-state index in [2.05, 4.69) is 5.32 Å². The fourth-order valence-corrected chi connectivity index (χ4v) is 1.39. The molecule has 0 rings (SSSR count). The number of rotatable bonds is 5. The zero-order chi connectivity index (χ0) is 9.56. The van der Waals surface area contributed by atoms with Crippen LogP contribution in [0.25, 0.3) is 0 Å². The Balaban J connectivity index is 3.54. The van der Waals surface area contributed by atoms with E-state index in [1.807, 2.05) is 20.8 Å². The fourth-order valence-electron chi connectivity index (χ4n) is 1.12. The van der Waals surface area contributed by atoms with E-state index in [9.17, 15) is 4.79 Å². The Bertz CT molecular complexity index is 136. The third-order valence-corrected chi connectivity index (χ3v) is 1.74. The van der Waals surface area contributed by atoms with Gasteiger partial charge in [-0.1, -0.05) is 6.92 Å². The van der Waals surface area contributed by atoms with Crippen LogP contribution in [0.2, 0.25) is 0 Å². The van der Waals surface area contributed by atoms with Crippen molar-refractivity contribution in [3.63, 3.8) is 0 Å². The molecule has 0 saturated carbocycles. The van der Waals surface area contributed by atoms with Crippen molar-refractivity contribution in [2.75, 3.05) is 0 Å². The number of halogens is 1. The molecule has 0 aliphatic heterocycles. The van der Waals surface area contributed by atoms with Crippen molar-refractivity contribution >= 4 is 17.5 Å². The molecule has 12 heavy (non-hydrogen) atoms. The van der Waals surface area contributed by atoms with Gasteiger partial charge < -0.3 is 5.32 Å². The van der Waals surface area contributed by atoms with Gasteiger partial charge in [-0.25, -0.2) is 0 Å². The molecular weight excluding hydrogens is 174 g/mol. The molecule has 1 N–H and O–H groups in total. The van der Waals surface area contributed by atoms with Gasteiger partial charge in [0.1, 0.15) is 0 Å². The van der Waals surface area contributed by atoms with Crippen LogP contribution in [0.5, 0.6) is 0 Å². The average Bonchev–Trinajstić information content (AvgIpc) is 1.84. The Hall–Kier alpha value is -0.240. The third kappa shape index (κ3) is 6.47. The zero-order valence-electron chi connectivity index (χ0n) is 8.06. The van der Waals surface area contributed by atoms with E-state index in [4.69, 9.17) is 11.6 Å². The summed E-state index contributed by atoms with van der Waals surface area (Å²) in [5.74, 6) is 0.127. The Labute approximate surface area is 79.7 Å². The molecule has 0 fully saturated rings. The highest BCUT2D eigenvalue weighted by atomic mass is 35.5. The molecule has 0 aliphatic rings. The van der Waals surface area contributed by atoms with Crippen LogP contribution in [-0.2, 0) is 4.79 Å². The first kappa shape index (κ1) is 11.8. The number of carbonyl (C=O) groups is 1. The maximum absolute atomic E-state index is 11.1. The summed E-state index contributed by atoms with van der Waals surface area (Å²) < 4.78 is 0. The van der Waals surface area contributed by atoms with E-state index < -0.39 is 0 Å². The summed E-state index contributed by atoms with van der Waals surface area (Å²) in [6.45, 7) is 5.91. The topological polar surface area (TPSA) is 29.1 Å². The van der Waals surface area contributed by atoms with Crippen LogP contribution < -0.4 is 5.32 Å². The second-order valence-corrected chi connectivity index (χ2v) is 3.98. The van der Waals surface area contributed by atoms with Crippen LogP contribution in [0.1, 0.15) is 40.0 Å². The Morgan fingerprint density at radius 1 is 1.50 bits per heavy atom. The first-order valence-electron chi connectivity index (χ1n) is 4.49. The second-order valence-electron chi connectivity index (χ2n) is 3.24. The van der Waals surface area contributed by atoms with Gasteiger partial charge >= 0.3 is 0 Å². The Morgan fingerprint density at radius 2 is 2.08 bits per heavy atom. The number of hydrogen-bond acceptors (Lipinski definition) is 1. The van der Waals surface area contributed by atoms with Crippen LogP contribution in [0.4, 0.5) is 0 Å². The first-order chi connectivity index (χ1) is 5.56. The lowest BCUT2D eigenvalue weighted by atomic mass is 10.2. The van der Waals surface area contributed by atoms with Gasteiger partial charge in [0.05, 0.1) is 0 Å². The Kier molecular flexibility index (Phi) is 6.17. The summed E-state index contributed by atoms with van der Waals surface area (Å²) >= 11 is 5.78. The van der Waals surface area contributed by atoms with Crippen molar-refractivity contribution in [2.45, 2.75) is 51.5 Å². The maximum Gasteiger partial charge on any atom is 0.220 e. The predicted octanol–water partition coefficient (Wildman–Crippen LogP) is 2.31. The lowest BCUT2D eigenvalue weighted by Crippen LogP contribution is -2.33. The van der Waals surface area contributed by atoms with Crippen molar-refractivity contribution < 1.29 is 4.79 Å². The van der Waals surface area contributed by atoms with Gasteiger partial charge in [0.2, 0.25) is 5.91 Å². The molecular formula is C9H18ClNO. The number of nitrogens with one attached hydrogen (secondary N) is 1. The molecule has 3 heteroatoms. The van der Waals surface area contributed by atoms with Crippen molar-refractivity contribution in [3.05, 3.63) is 0 Å². The van der Waals surface area contributed by atoms with Crippen LogP contribution in [0, 0.1) is 0 Å². The van der Waals surface area contributed by atoms with Crippen molar-refractivity contribution in [2.24, 2.45) is 0 Å². The predicted molar refractivity (Wildman–Crippen MR) is 52.4 cm³/mol. The molecule has 2 nitrogen and oxygen atoms in total. The number of carbonyl (C=O) groups excluding carboxylic acids is 1. The highest BCUT2D eigenvalue weighted by Gasteiger charge is 2.08. The molecule has 0 heterocycles. The second kappa shape index (κ2) is 6.30. The fraction of sp³-hybridized carbons (Fsp3) is 0.889. The molecule has 1 amide bonds. The lowest BCUT2D eigenvalue weighted by Gasteiger charge is -2.14. The summed E-state index contributed by atoms with van der Waals surface area (Å²) in [5, 5.41) is 3.02. The molecule has 0 aromatic rings. The van der Waals surface area contributed by atoms with Gasteiger partial charge in [0, 0.05) is 17.8 Å². The van der Waals surface area contributed by atoms with Gasteiger partial charge in [-0.05, 0) is 26.7 Å². The first-order valence-corrected chi connectivity index (χ1v) is 4.93. The van der Waals surface area contributed by atoms with Gasteiger partial charge in [-0.2, -0.15) is 0 Å². The van der Waals surface area contributed by atoms with Crippen LogP contribution >= 0.6 is 11.6 Å². The molecule has 2 atom stereocenters. The number of amides is 1. The minimum absolute atomic E-state index is 0.127. The number of alkyl halides is 1. The maximum atomic E-state index is 11.1. The van der Waals surface area contributed by atoms with E-state index in [0.717, 1.165) is 12.8 Å². The summed E-state index contributed by atoms with van der Waals surface area (Å²) in [5.41, 5.74) is 0. The van der Waals surface area contributed by atoms with Gasteiger partial charge in [-0.15, -0.1) is 11.6 Å². The van der Waals surface area contributed by atoms with E-state index in [0.29, 0.717) is 6.42 Å². The summed E-state index contributed by atoms with van der Waals surface area (Å²) in [4.78, 5) is 11.1. The van der Waals surface area contributed by atoms with Crippen LogP contribution in [-0.4, -0.2) is 17.3 Å². The van der Waals surface area contributed by atoms with E-state index in [1.54, 1.807) is 0 Å². The van der Waals surface area contributed by atoms with Crippen molar-refractivity contribution in [1.82, 2.24) is 5.32 Å². The van der Waals surface area contributed by atoms with Crippen LogP contribution in [0.3, 0.4) is 0 Å². The molecule has 0 aromatic heterocycles. The summed E-state index contributed by atoms with van der Waals surface area (Å²) in [7, 11) is 0. The standard InChI is InChI=1S/C9H18ClNO/c1-4-5-9(12)11-8(3)6-7(2)10/h7-8H,4-6H2,1-3H3,(H,11,12). The zero-order valence-corrected chi connectivity index (χ0v) is 8.82. The molecule has 2 unspecified atom stereocenters. The van der Waals surface area contributed by atoms with Crippen molar-refractivity contribution in [1.29, 1.82) is 0 Å². The molecule has 72 valence electrons. The molecule has 0 aliphatic carbocycles. The largest absolute Gasteiger partial charge is 0.354 e. The molecule has 0 saturated heterocycles. The Morgan fingerprint density at radius 3 is 2.50 bits per heavy atom. The third-order valence-electron chi connectivity index (χ3n) is 1.56. The summed E-state index contributed by atoms with van der Waals surface area (Å²) in [6, 6.07) is 0.191. The van der Waals surface area contributed by atoms with Crippen molar-refractivity contribution in [3.8, 4) is 0 Å². The van der Waals surface area contributed by atoms with Gasteiger partial charge in [-0.3, -0.25) is 4.79 Å². The normalized spacial score (nSPS) is 15.3. The highest BCUT2D eigenvalue weighted by Crippen LogP contribution is 2.04. The SMILES string of the molecule is CCCC(=O)NC(C)CC(C)Cl. The minimum Gasteiger partial charge on any atom is -0.354 e. The molecule has 0 radical (unpaired) electrons.